The SMILES string of the molecule is CCCCCc1c(Oc2cc(O)cc(C(O)(CCC)CCCC)c2C(C)=O)ccc(O)c1C(=O)O. The van der Waals surface area contributed by atoms with Crippen LogP contribution in [-0.4, -0.2) is 32.2 Å². The molecule has 7 heteroatoms. The fraction of sp³-hybridized carbons (Fsp3) is 0.500. The number of hydrogen-bond acceptors (Lipinski definition) is 6. The van der Waals surface area contributed by atoms with Gasteiger partial charge >= 0.3 is 5.97 Å². The third kappa shape index (κ3) is 6.75. The van der Waals surface area contributed by atoms with Crippen molar-refractivity contribution in [1.82, 2.24) is 0 Å². The molecule has 0 aliphatic heterocycles. The molecule has 0 aromatic heterocycles. The molecule has 0 aliphatic carbocycles. The standard InChI is InChI=1S/C28H38O7/c1-5-8-10-11-20-23(13-12-22(31)26(20)27(32)33)35-24-17-19(30)16-21(25(24)18(4)29)28(34,14-7-3)15-9-6-2/h12-13,16-17,30-31,34H,5-11,14-15H2,1-4H3,(H,32,33). The van der Waals surface area contributed by atoms with Crippen molar-refractivity contribution in [3.63, 3.8) is 0 Å². The lowest BCUT2D eigenvalue weighted by Crippen LogP contribution is -2.28. The molecule has 0 amide bonds. The van der Waals surface area contributed by atoms with E-state index in [0.717, 1.165) is 25.7 Å². The largest absolute Gasteiger partial charge is 0.508 e. The second-order valence-corrected chi connectivity index (χ2v) is 9.11. The summed E-state index contributed by atoms with van der Waals surface area (Å²) in [5.41, 5.74) is -0.790. The third-order valence-electron chi connectivity index (χ3n) is 6.26. The number of aromatic carboxylic acids is 1. The van der Waals surface area contributed by atoms with Crippen LogP contribution < -0.4 is 4.74 Å². The maximum atomic E-state index is 12.8. The maximum Gasteiger partial charge on any atom is 0.339 e. The minimum Gasteiger partial charge on any atom is -0.508 e. The summed E-state index contributed by atoms with van der Waals surface area (Å²) in [6.45, 7) is 7.36. The van der Waals surface area contributed by atoms with Crippen molar-refractivity contribution in [2.24, 2.45) is 0 Å². The molecule has 2 aromatic rings. The molecule has 1 atom stereocenters. The lowest BCUT2D eigenvalue weighted by Gasteiger charge is -2.31. The Morgan fingerprint density at radius 3 is 2.14 bits per heavy atom. The molecule has 0 aliphatic rings. The highest BCUT2D eigenvalue weighted by Crippen LogP contribution is 2.43. The van der Waals surface area contributed by atoms with Crippen molar-refractivity contribution in [2.75, 3.05) is 0 Å². The van der Waals surface area contributed by atoms with E-state index in [1.165, 1.54) is 31.2 Å². The summed E-state index contributed by atoms with van der Waals surface area (Å²) < 4.78 is 6.11. The highest BCUT2D eigenvalue weighted by molar-refractivity contribution is 5.99. The molecule has 0 saturated heterocycles. The van der Waals surface area contributed by atoms with Crippen LogP contribution in [0.25, 0.3) is 0 Å². The van der Waals surface area contributed by atoms with Gasteiger partial charge in [-0.05, 0) is 50.8 Å². The molecule has 0 fully saturated rings. The van der Waals surface area contributed by atoms with Gasteiger partial charge in [-0.2, -0.15) is 0 Å². The van der Waals surface area contributed by atoms with Crippen molar-refractivity contribution in [3.8, 4) is 23.0 Å². The highest BCUT2D eigenvalue weighted by Gasteiger charge is 2.34. The van der Waals surface area contributed by atoms with Gasteiger partial charge in [0.15, 0.2) is 5.78 Å². The number of carboxylic acid groups (broad SMARTS) is 1. The number of unbranched alkanes of at least 4 members (excludes halogenated alkanes) is 3. The molecule has 2 rings (SSSR count). The Morgan fingerprint density at radius 1 is 0.886 bits per heavy atom. The van der Waals surface area contributed by atoms with E-state index in [1.54, 1.807) is 0 Å². The maximum absolute atomic E-state index is 12.8. The van der Waals surface area contributed by atoms with Crippen molar-refractivity contribution in [2.45, 2.75) is 91.1 Å². The number of ether oxygens (including phenoxy) is 1. The van der Waals surface area contributed by atoms with Gasteiger partial charge < -0.3 is 25.2 Å². The van der Waals surface area contributed by atoms with Gasteiger partial charge in [0.2, 0.25) is 0 Å². The number of Topliss-reactive ketones (excluding diaryl/α,β-unsaturated/α-hetero) is 1. The summed E-state index contributed by atoms with van der Waals surface area (Å²) >= 11 is 0. The summed E-state index contributed by atoms with van der Waals surface area (Å²) in [5, 5.41) is 42.1. The van der Waals surface area contributed by atoms with Crippen LogP contribution >= 0.6 is 0 Å². The Hall–Kier alpha value is -3.06. The molecule has 192 valence electrons. The van der Waals surface area contributed by atoms with Gasteiger partial charge in [0.05, 0.1) is 11.2 Å². The number of carbonyl (C=O) groups excluding carboxylic acids is 1. The summed E-state index contributed by atoms with van der Waals surface area (Å²) in [6, 6.07) is 5.42. The van der Waals surface area contributed by atoms with Crippen LogP contribution in [0.4, 0.5) is 0 Å². The van der Waals surface area contributed by atoms with Gasteiger partial charge in [-0.25, -0.2) is 4.79 Å². The summed E-state index contributed by atoms with van der Waals surface area (Å²) in [5.74, 6) is -1.93. The number of ketones is 1. The van der Waals surface area contributed by atoms with Gasteiger partial charge in [0.25, 0.3) is 0 Å². The van der Waals surface area contributed by atoms with E-state index in [4.69, 9.17) is 4.74 Å². The van der Waals surface area contributed by atoms with Gasteiger partial charge in [0, 0.05) is 17.2 Å². The Kier molecular flexibility index (Phi) is 10.1. The van der Waals surface area contributed by atoms with E-state index in [-0.39, 0.29) is 39.9 Å². The van der Waals surface area contributed by atoms with Crippen molar-refractivity contribution in [3.05, 3.63) is 46.5 Å². The predicted octanol–water partition coefficient (Wildman–Crippen LogP) is 6.70. The number of hydrogen-bond donors (Lipinski definition) is 4. The average molecular weight is 487 g/mol. The number of carboxylic acids is 1. The zero-order chi connectivity index (χ0) is 26.2. The average Bonchev–Trinajstić information content (AvgIpc) is 2.78. The first-order valence-electron chi connectivity index (χ1n) is 12.5. The van der Waals surface area contributed by atoms with Gasteiger partial charge in [0.1, 0.15) is 28.6 Å². The van der Waals surface area contributed by atoms with Crippen LogP contribution in [0.5, 0.6) is 23.0 Å². The van der Waals surface area contributed by atoms with Crippen molar-refractivity contribution in [1.29, 1.82) is 0 Å². The number of benzene rings is 2. The van der Waals surface area contributed by atoms with Crippen LogP contribution in [-0.2, 0) is 12.0 Å². The van der Waals surface area contributed by atoms with Crippen LogP contribution in [0.2, 0.25) is 0 Å². The monoisotopic (exact) mass is 486 g/mol. The minimum atomic E-state index is -1.33. The molecule has 0 radical (unpaired) electrons. The first-order chi connectivity index (χ1) is 16.6. The van der Waals surface area contributed by atoms with E-state index >= 15 is 0 Å². The Balaban J connectivity index is 2.71. The number of aliphatic hydroxyl groups is 1. The fourth-order valence-corrected chi connectivity index (χ4v) is 4.56. The second kappa shape index (κ2) is 12.6. The molecule has 7 nitrogen and oxygen atoms in total. The molecule has 0 heterocycles. The van der Waals surface area contributed by atoms with Crippen LogP contribution in [0.3, 0.4) is 0 Å². The number of rotatable bonds is 14. The first kappa shape index (κ1) is 28.2. The highest BCUT2D eigenvalue weighted by atomic mass is 16.5. The first-order valence-corrected chi connectivity index (χ1v) is 12.5. The molecule has 35 heavy (non-hydrogen) atoms. The topological polar surface area (TPSA) is 124 Å². The smallest absolute Gasteiger partial charge is 0.339 e. The molecular weight excluding hydrogens is 448 g/mol. The molecule has 1 unspecified atom stereocenters. The summed E-state index contributed by atoms with van der Waals surface area (Å²) in [7, 11) is 0. The second-order valence-electron chi connectivity index (χ2n) is 9.11. The number of carbonyl (C=O) groups is 2. The molecule has 0 bridgehead atoms. The molecule has 4 N–H and O–H groups in total. The summed E-state index contributed by atoms with van der Waals surface area (Å²) in [4.78, 5) is 24.8. The van der Waals surface area contributed by atoms with E-state index in [0.29, 0.717) is 43.2 Å². The predicted molar refractivity (Wildman–Crippen MR) is 135 cm³/mol. The normalized spacial score (nSPS) is 12.8. The Bertz CT molecular complexity index is 1040. The molecule has 0 spiro atoms. The quantitative estimate of drug-likeness (QED) is 0.173. The van der Waals surface area contributed by atoms with Crippen molar-refractivity contribution < 1.29 is 34.8 Å². The van der Waals surface area contributed by atoms with Crippen LogP contribution in [0, 0.1) is 0 Å². The lowest BCUT2D eigenvalue weighted by molar-refractivity contribution is 0.0143. The van der Waals surface area contributed by atoms with E-state index in [1.807, 2.05) is 20.8 Å². The third-order valence-corrected chi connectivity index (χ3v) is 6.26. The number of aromatic hydroxyl groups is 2. The van der Waals surface area contributed by atoms with Crippen molar-refractivity contribution >= 4 is 11.8 Å². The van der Waals surface area contributed by atoms with E-state index in [9.17, 15) is 30.0 Å². The summed E-state index contributed by atoms with van der Waals surface area (Å²) in [6.07, 6.45) is 5.93. The van der Waals surface area contributed by atoms with Gasteiger partial charge in [-0.3, -0.25) is 4.79 Å². The molecular formula is C28H38O7. The van der Waals surface area contributed by atoms with Crippen LogP contribution in [0.15, 0.2) is 24.3 Å². The fourth-order valence-electron chi connectivity index (χ4n) is 4.56. The van der Waals surface area contributed by atoms with Gasteiger partial charge in [-0.1, -0.05) is 52.9 Å². The number of phenols is 2. The molecule has 2 aromatic carbocycles. The minimum absolute atomic E-state index is 0.0392. The number of phenolic OH excluding ortho intramolecular Hbond substituents is 1. The Morgan fingerprint density at radius 2 is 1.57 bits per heavy atom. The zero-order valence-electron chi connectivity index (χ0n) is 21.2. The van der Waals surface area contributed by atoms with Gasteiger partial charge in [-0.15, -0.1) is 0 Å². The van der Waals surface area contributed by atoms with Crippen LogP contribution in [0.1, 0.15) is 111 Å². The Labute approximate surface area is 207 Å². The van der Waals surface area contributed by atoms with E-state index < -0.39 is 11.6 Å². The zero-order valence-corrected chi connectivity index (χ0v) is 21.2. The van der Waals surface area contributed by atoms with E-state index in [2.05, 4.69) is 0 Å². The molecule has 0 saturated carbocycles. The lowest BCUT2D eigenvalue weighted by atomic mass is 9.81.